The van der Waals surface area contributed by atoms with E-state index in [1.807, 2.05) is 0 Å². The van der Waals surface area contributed by atoms with E-state index in [0.717, 1.165) is 0 Å². The van der Waals surface area contributed by atoms with Crippen LogP contribution in [0.3, 0.4) is 0 Å². The minimum absolute atomic E-state index is 0.251. The quantitative estimate of drug-likeness (QED) is 0.239. The molecule has 1 aromatic heterocycles. The lowest BCUT2D eigenvalue weighted by Crippen LogP contribution is -1.82. The van der Waals surface area contributed by atoms with Crippen LogP contribution in [0, 0.1) is 0 Å². The molecule has 4 nitrogen and oxygen atoms in total. The van der Waals surface area contributed by atoms with Crippen LogP contribution in [0.25, 0.3) is 10.4 Å². The van der Waals surface area contributed by atoms with Crippen molar-refractivity contribution in [3.05, 3.63) is 33.4 Å². The molecule has 0 N–H and O–H groups in total. The van der Waals surface area contributed by atoms with Crippen molar-refractivity contribution in [3.63, 3.8) is 0 Å². The zero-order valence-electron chi connectivity index (χ0n) is 5.91. The predicted octanol–water partition coefficient (Wildman–Crippen LogP) is 3.42. The van der Waals surface area contributed by atoms with E-state index in [-0.39, 0.29) is 5.88 Å². The van der Waals surface area contributed by atoms with E-state index >= 15 is 0 Å². The number of halogens is 2. The lowest BCUT2D eigenvalue weighted by molar-refractivity contribution is 1.23. The van der Waals surface area contributed by atoms with E-state index < -0.39 is 0 Å². The van der Waals surface area contributed by atoms with Crippen molar-refractivity contribution in [2.24, 2.45) is 5.11 Å². The SMILES string of the molecule is [N-]=[N+]=Nc1cnc(Cl)c(CCl)c1. The fraction of sp³-hybridized carbons (Fsp3) is 0.167. The highest BCUT2D eigenvalue weighted by Crippen LogP contribution is 2.20. The molecule has 0 fully saturated rings. The number of nitrogens with zero attached hydrogens (tertiary/aromatic N) is 4. The molecule has 12 heavy (non-hydrogen) atoms. The molecule has 6 heteroatoms. The molecule has 0 atom stereocenters. The third kappa shape index (κ3) is 2.01. The first-order valence-electron chi connectivity index (χ1n) is 3.03. The second kappa shape index (κ2) is 4.16. The van der Waals surface area contributed by atoms with Crippen LogP contribution in [-0.4, -0.2) is 4.98 Å². The summed E-state index contributed by atoms with van der Waals surface area (Å²) in [5.41, 5.74) is 9.19. The standard InChI is InChI=1S/C6H4Cl2N4/c7-2-4-1-5(11-12-9)3-10-6(4)8/h1,3H,2H2. The van der Waals surface area contributed by atoms with E-state index in [1.165, 1.54) is 6.20 Å². The Hall–Kier alpha value is -0.960. The second-order valence-electron chi connectivity index (χ2n) is 1.97. The lowest BCUT2D eigenvalue weighted by Gasteiger charge is -1.98. The van der Waals surface area contributed by atoms with Crippen LogP contribution in [0.15, 0.2) is 17.4 Å². The van der Waals surface area contributed by atoms with Crippen LogP contribution in [0.5, 0.6) is 0 Å². The Kier molecular flexibility index (Phi) is 3.17. The Bertz CT molecular complexity index is 332. The van der Waals surface area contributed by atoms with Crippen molar-refractivity contribution in [1.82, 2.24) is 4.98 Å². The first kappa shape index (κ1) is 9.13. The topological polar surface area (TPSA) is 61.7 Å². The molecule has 0 aliphatic rings. The molecular formula is C6H4Cl2N4. The Labute approximate surface area is 78.8 Å². The molecule has 0 unspecified atom stereocenters. The number of pyridine rings is 1. The molecule has 0 aliphatic carbocycles. The first-order valence-corrected chi connectivity index (χ1v) is 3.94. The summed E-state index contributed by atoms with van der Waals surface area (Å²) in [6, 6.07) is 1.60. The van der Waals surface area contributed by atoms with Gasteiger partial charge in [-0.2, -0.15) is 0 Å². The minimum atomic E-state index is 0.251. The Morgan fingerprint density at radius 3 is 3.00 bits per heavy atom. The zero-order valence-corrected chi connectivity index (χ0v) is 7.42. The van der Waals surface area contributed by atoms with Gasteiger partial charge in [0.2, 0.25) is 0 Å². The summed E-state index contributed by atoms with van der Waals surface area (Å²) >= 11 is 11.2. The summed E-state index contributed by atoms with van der Waals surface area (Å²) in [6.07, 6.45) is 1.39. The van der Waals surface area contributed by atoms with Crippen molar-refractivity contribution >= 4 is 28.9 Å². The molecular weight excluding hydrogens is 199 g/mol. The summed E-state index contributed by atoms with van der Waals surface area (Å²) in [4.78, 5) is 6.39. The number of azide groups is 1. The van der Waals surface area contributed by atoms with E-state index in [4.69, 9.17) is 28.7 Å². The minimum Gasteiger partial charge on any atom is -0.244 e. The Morgan fingerprint density at radius 1 is 1.67 bits per heavy atom. The van der Waals surface area contributed by atoms with Gasteiger partial charge in [-0.15, -0.1) is 11.6 Å². The molecule has 1 rings (SSSR count). The summed E-state index contributed by atoms with van der Waals surface area (Å²) in [5.74, 6) is 0.251. The van der Waals surface area contributed by atoms with E-state index in [9.17, 15) is 0 Å². The Morgan fingerprint density at radius 2 is 2.42 bits per heavy atom. The van der Waals surface area contributed by atoms with Gasteiger partial charge in [0, 0.05) is 16.7 Å². The Balaban J connectivity index is 3.13. The molecule has 0 amide bonds. The average molecular weight is 203 g/mol. The van der Waals surface area contributed by atoms with Gasteiger partial charge in [0.15, 0.2) is 0 Å². The normalized spacial score (nSPS) is 9.17. The van der Waals surface area contributed by atoms with Crippen LogP contribution in [0.2, 0.25) is 5.15 Å². The highest BCUT2D eigenvalue weighted by molar-refractivity contribution is 6.31. The maximum atomic E-state index is 8.12. The monoisotopic (exact) mass is 202 g/mol. The van der Waals surface area contributed by atoms with Crippen molar-refractivity contribution in [2.45, 2.75) is 5.88 Å². The highest BCUT2D eigenvalue weighted by atomic mass is 35.5. The van der Waals surface area contributed by atoms with E-state index in [2.05, 4.69) is 15.0 Å². The van der Waals surface area contributed by atoms with Crippen LogP contribution in [-0.2, 0) is 5.88 Å². The van der Waals surface area contributed by atoms with E-state index in [0.29, 0.717) is 16.4 Å². The predicted molar refractivity (Wildman–Crippen MR) is 47.6 cm³/mol. The van der Waals surface area contributed by atoms with Gasteiger partial charge in [0.05, 0.1) is 11.6 Å². The molecule has 1 heterocycles. The fourth-order valence-electron chi connectivity index (χ4n) is 0.681. The summed E-state index contributed by atoms with van der Waals surface area (Å²) in [7, 11) is 0. The third-order valence-corrected chi connectivity index (χ3v) is 1.83. The van der Waals surface area contributed by atoms with Gasteiger partial charge in [0.1, 0.15) is 5.15 Å². The van der Waals surface area contributed by atoms with E-state index in [1.54, 1.807) is 6.07 Å². The van der Waals surface area contributed by atoms with Crippen LogP contribution in [0.1, 0.15) is 5.56 Å². The molecule has 0 bridgehead atoms. The number of aromatic nitrogens is 1. The van der Waals surface area contributed by atoms with Crippen LogP contribution >= 0.6 is 23.2 Å². The molecule has 62 valence electrons. The summed E-state index contributed by atoms with van der Waals surface area (Å²) < 4.78 is 0. The molecule has 0 saturated carbocycles. The maximum absolute atomic E-state index is 8.12. The van der Waals surface area contributed by atoms with Gasteiger partial charge in [-0.05, 0) is 11.6 Å². The lowest BCUT2D eigenvalue weighted by atomic mass is 10.3. The van der Waals surface area contributed by atoms with Crippen molar-refractivity contribution < 1.29 is 0 Å². The number of hydrogen-bond donors (Lipinski definition) is 0. The van der Waals surface area contributed by atoms with Gasteiger partial charge >= 0.3 is 0 Å². The van der Waals surface area contributed by atoms with Crippen LogP contribution < -0.4 is 0 Å². The van der Waals surface area contributed by atoms with Crippen molar-refractivity contribution in [1.29, 1.82) is 0 Å². The number of alkyl halides is 1. The first-order chi connectivity index (χ1) is 5.77. The second-order valence-corrected chi connectivity index (χ2v) is 2.59. The average Bonchev–Trinajstić information content (AvgIpc) is 2.09. The molecule has 1 aromatic rings. The van der Waals surface area contributed by atoms with Gasteiger partial charge in [0.25, 0.3) is 0 Å². The smallest absolute Gasteiger partial charge is 0.133 e. The van der Waals surface area contributed by atoms with Crippen LogP contribution in [0.4, 0.5) is 5.69 Å². The van der Waals surface area contributed by atoms with Gasteiger partial charge in [-0.1, -0.05) is 16.7 Å². The van der Waals surface area contributed by atoms with Crippen molar-refractivity contribution in [2.75, 3.05) is 0 Å². The molecule has 0 spiro atoms. The number of hydrogen-bond acceptors (Lipinski definition) is 2. The fourth-order valence-corrected chi connectivity index (χ4v) is 1.12. The number of rotatable bonds is 2. The molecule has 0 saturated heterocycles. The molecule has 0 aliphatic heterocycles. The zero-order chi connectivity index (χ0) is 8.97. The molecule has 0 radical (unpaired) electrons. The summed E-state index contributed by atoms with van der Waals surface area (Å²) in [5, 5.41) is 3.69. The maximum Gasteiger partial charge on any atom is 0.133 e. The van der Waals surface area contributed by atoms with Crippen molar-refractivity contribution in [3.8, 4) is 0 Å². The van der Waals surface area contributed by atoms with Gasteiger partial charge in [-0.3, -0.25) is 0 Å². The van der Waals surface area contributed by atoms with Gasteiger partial charge in [-0.25, -0.2) is 4.98 Å². The summed E-state index contributed by atoms with van der Waals surface area (Å²) in [6.45, 7) is 0. The van der Waals surface area contributed by atoms with Gasteiger partial charge < -0.3 is 0 Å². The molecule has 0 aromatic carbocycles. The third-order valence-electron chi connectivity index (χ3n) is 1.20. The highest BCUT2D eigenvalue weighted by Gasteiger charge is 2.00. The largest absolute Gasteiger partial charge is 0.244 e.